The highest BCUT2D eigenvalue weighted by Crippen LogP contribution is 2.38. The molecule has 0 spiro atoms. The van der Waals surface area contributed by atoms with Crippen molar-refractivity contribution in [2.75, 3.05) is 18.0 Å². The van der Waals surface area contributed by atoms with Crippen molar-refractivity contribution < 1.29 is 31.6 Å². The average molecular weight is 539 g/mol. The molecule has 0 aliphatic rings. The van der Waals surface area contributed by atoms with Crippen molar-refractivity contribution >= 4 is 33.2 Å². The second kappa shape index (κ2) is 12.2. The van der Waals surface area contributed by atoms with E-state index in [0.717, 1.165) is 22.5 Å². The number of halogens is 3. The normalized spacial score (nSPS) is 12.1. The van der Waals surface area contributed by atoms with Gasteiger partial charge < -0.3 is 4.74 Å². The number of benzene rings is 3. The summed E-state index contributed by atoms with van der Waals surface area (Å²) in [6.45, 7) is 1.70. The van der Waals surface area contributed by atoms with Crippen LogP contribution >= 0.6 is 11.6 Å². The van der Waals surface area contributed by atoms with E-state index in [2.05, 4.69) is 10.3 Å². The third kappa shape index (κ3) is 6.51. The number of carbonyl (C=O) groups is 1. The Morgan fingerprint density at radius 1 is 1.08 bits per heavy atom. The quantitative estimate of drug-likeness (QED) is 0.260. The minimum atomic E-state index is -4.37. The van der Waals surface area contributed by atoms with Crippen molar-refractivity contribution in [3.05, 3.63) is 89.0 Å². The number of sulfonamides is 1. The highest BCUT2D eigenvalue weighted by molar-refractivity contribution is 7.92. The van der Waals surface area contributed by atoms with Crippen molar-refractivity contribution in [3.8, 4) is 5.75 Å². The van der Waals surface area contributed by atoms with Crippen LogP contribution in [-0.2, 0) is 19.7 Å². The summed E-state index contributed by atoms with van der Waals surface area (Å²) in [5.41, 5.74) is 2.17. The predicted octanol–water partition coefficient (Wildman–Crippen LogP) is 5.41. The lowest BCUT2D eigenvalue weighted by atomic mass is 10.1. The van der Waals surface area contributed by atoms with E-state index in [4.69, 9.17) is 16.3 Å². The van der Waals surface area contributed by atoms with Gasteiger partial charge in [-0.15, -0.1) is 0 Å². The molecule has 0 radical (unpaired) electrons. The van der Waals surface area contributed by atoms with Crippen LogP contribution in [-0.4, -0.2) is 28.0 Å². The highest BCUT2D eigenvalue weighted by Gasteiger charge is 2.34. The van der Waals surface area contributed by atoms with Crippen molar-refractivity contribution in [2.24, 2.45) is 0 Å². The van der Waals surface area contributed by atoms with Gasteiger partial charge >= 0.3 is 0 Å². The number of hydrogen-bond donors (Lipinski definition) is 1. The minimum Gasteiger partial charge on any atom is -0.493 e. The monoisotopic (exact) mass is 538 g/mol. The molecule has 0 aliphatic heterocycles. The standard InChI is InChI=1S/C25H25ClF2N2O5S/c1-17(21-6-3-4-7-24(21)35-15-5-8-25(31)29-34-2)30(23-16-19(27)11-14-22(23)28)36(32,33)20-12-9-18(26)10-13-20/h3-4,6-7,9-14,16-17H,5,8,15H2,1-2H3,(H,29,31). The molecule has 3 aromatic rings. The van der Waals surface area contributed by atoms with Crippen LogP contribution in [0, 0.1) is 11.6 Å². The fourth-order valence-electron chi connectivity index (χ4n) is 3.58. The zero-order valence-electron chi connectivity index (χ0n) is 19.6. The summed E-state index contributed by atoms with van der Waals surface area (Å²) in [5, 5.41) is 0.323. The van der Waals surface area contributed by atoms with E-state index in [9.17, 15) is 22.0 Å². The van der Waals surface area contributed by atoms with Crippen molar-refractivity contribution in [2.45, 2.75) is 30.7 Å². The molecule has 1 unspecified atom stereocenters. The predicted molar refractivity (Wildman–Crippen MR) is 132 cm³/mol. The molecule has 0 aliphatic carbocycles. The molecule has 7 nitrogen and oxygen atoms in total. The third-order valence-electron chi connectivity index (χ3n) is 5.26. The third-order valence-corrected chi connectivity index (χ3v) is 7.41. The Labute approximate surface area is 213 Å². The van der Waals surface area contributed by atoms with Gasteiger partial charge in [0.2, 0.25) is 5.91 Å². The maximum atomic E-state index is 14.9. The van der Waals surface area contributed by atoms with Gasteiger partial charge in [0.05, 0.1) is 30.3 Å². The van der Waals surface area contributed by atoms with E-state index in [0.29, 0.717) is 22.8 Å². The topological polar surface area (TPSA) is 84.9 Å². The van der Waals surface area contributed by atoms with Gasteiger partial charge in [-0.2, -0.15) is 0 Å². The summed E-state index contributed by atoms with van der Waals surface area (Å²) in [5.74, 6) is -1.69. The van der Waals surface area contributed by atoms with E-state index < -0.39 is 33.4 Å². The van der Waals surface area contributed by atoms with Crippen molar-refractivity contribution in [1.82, 2.24) is 5.48 Å². The lowest BCUT2D eigenvalue weighted by Gasteiger charge is -2.32. The zero-order valence-corrected chi connectivity index (χ0v) is 21.2. The zero-order chi connectivity index (χ0) is 26.3. The summed E-state index contributed by atoms with van der Waals surface area (Å²) in [6.07, 6.45) is 0.514. The van der Waals surface area contributed by atoms with Crippen molar-refractivity contribution in [3.63, 3.8) is 0 Å². The second-order valence-corrected chi connectivity index (χ2v) is 10.00. The van der Waals surface area contributed by atoms with Gasteiger partial charge in [-0.1, -0.05) is 29.8 Å². The number of hydroxylamine groups is 1. The van der Waals surface area contributed by atoms with Gasteiger partial charge in [-0.05, 0) is 55.8 Å². The molecule has 11 heteroatoms. The largest absolute Gasteiger partial charge is 0.493 e. The Kier molecular flexibility index (Phi) is 9.25. The summed E-state index contributed by atoms with van der Waals surface area (Å²) >= 11 is 5.91. The Balaban J connectivity index is 2.00. The van der Waals surface area contributed by atoms with Crippen LogP contribution in [0.3, 0.4) is 0 Å². The first-order chi connectivity index (χ1) is 17.1. The molecule has 0 saturated carbocycles. The fourth-order valence-corrected chi connectivity index (χ4v) is 5.35. The molecule has 3 aromatic carbocycles. The lowest BCUT2D eigenvalue weighted by Crippen LogP contribution is -2.34. The number of rotatable bonds is 11. The molecular formula is C25H25ClF2N2O5S. The molecule has 192 valence electrons. The van der Waals surface area contributed by atoms with Gasteiger partial charge in [0.25, 0.3) is 10.0 Å². The van der Waals surface area contributed by atoms with Crippen molar-refractivity contribution in [1.29, 1.82) is 0 Å². The van der Waals surface area contributed by atoms with Gasteiger partial charge in [0.15, 0.2) is 0 Å². The Morgan fingerprint density at radius 2 is 1.78 bits per heavy atom. The minimum absolute atomic E-state index is 0.148. The number of nitrogens with zero attached hydrogens (tertiary/aromatic N) is 1. The van der Waals surface area contributed by atoms with Crippen LogP contribution in [0.2, 0.25) is 5.02 Å². The maximum absolute atomic E-state index is 14.9. The average Bonchev–Trinajstić information content (AvgIpc) is 2.84. The first kappa shape index (κ1) is 27.4. The van der Waals surface area contributed by atoms with Gasteiger partial charge in [0, 0.05) is 23.1 Å². The fraction of sp³-hybridized carbons (Fsp3) is 0.240. The Bertz CT molecular complexity index is 1310. The van der Waals surface area contributed by atoms with E-state index in [1.807, 2.05) is 0 Å². The molecule has 36 heavy (non-hydrogen) atoms. The van der Waals surface area contributed by atoms with Gasteiger partial charge in [-0.3, -0.25) is 13.9 Å². The number of anilines is 1. The van der Waals surface area contributed by atoms with Crippen LogP contribution in [0.15, 0.2) is 71.6 Å². The highest BCUT2D eigenvalue weighted by atomic mass is 35.5. The summed E-state index contributed by atoms with van der Waals surface area (Å²) in [4.78, 5) is 16.0. The van der Waals surface area contributed by atoms with Crippen LogP contribution < -0.4 is 14.5 Å². The SMILES string of the molecule is CONC(=O)CCCOc1ccccc1C(C)N(c1cc(F)ccc1F)S(=O)(=O)c1ccc(Cl)cc1. The van der Waals surface area contributed by atoms with Crippen LogP contribution in [0.25, 0.3) is 0 Å². The van der Waals surface area contributed by atoms with Gasteiger partial charge in [-0.25, -0.2) is 22.7 Å². The number of carbonyl (C=O) groups excluding carboxylic acids is 1. The molecule has 0 aromatic heterocycles. The Morgan fingerprint density at radius 3 is 2.47 bits per heavy atom. The van der Waals surface area contributed by atoms with E-state index >= 15 is 0 Å². The molecule has 3 rings (SSSR count). The smallest absolute Gasteiger partial charge is 0.264 e. The summed E-state index contributed by atoms with van der Waals surface area (Å²) in [7, 11) is -3.04. The van der Waals surface area contributed by atoms with E-state index in [1.54, 1.807) is 31.2 Å². The molecule has 0 heterocycles. The lowest BCUT2D eigenvalue weighted by molar-refractivity contribution is -0.131. The molecule has 1 N–H and O–H groups in total. The van der Waals surface area contributed by atoms with Gasteiger partial charge in [0.1, 0.15) is 17.4 Å². The number of hydrogen-bond acceptors (Lipinski definition) is 5. The first-order valence-corrected chi connectivity index (χ1v) is 12.8. The molecule has 0 saturated heterocycles. The second-order valence-electron chi connectivity index (χ2n) is 7.75. The number of para-hydroxylation sites is 1. The van der Waals surface area contributed by atoms with E-state index in [1.165, 1.54) is 31.4 Å². The van der Waals surface area contributed by atoms with E-state index in [-0.39, 0.29) is 23.8 Å². The van der Waals surface area contributed by atoms with Crippen LogP contribution in [0.1, 0.15) is 31.4 Å². The number of nitrogens with one attached hydrogen (secondary N) is 1. The Hall–Kier alpha value is -3.21. The maximum Gasteiger partial charge on any atom is 0.264 e. The molecule has 1 atom stereocenters. The summed E-state index contributed by atoms with van der Waals surface area (Å²) in [6, 6.07) is 13.6. The van der Waals surface area contributed by atoms with Crippen LogP contribution in [0.4, 0.5) is 14.5 Å². The molecule has 0 bridgehead atoms. The number of amides is 1. The molecular weight excluding hydrogens is 514 g/mol. The molecule has 1 amide bonds. The summed E-state index contributed by atoms with van der Waals surface area (Å²) < 4.78 is 63.2. The molecule has 0 fully saturated rings. The van der Waals surface area contributed by atoms with Crippen LogP contribution in [0.5, 0.6) is 5.75 Å². The number of ether oxygens (including phenoxy) is 1. The first-order valence-electron chi connectivity index (χ1n) is 10.9.